The second kappa shape index (κ2) is 7.31. The van der Waals surface area contributed by atoms with Gasteiger partial charge in [-0.1, -0.05) is 34.4 Å². The fourth-order valence-corrected chi connectivity index (χ4v) is 2.88. The Labute approximate surface area is 157 Å². The number of amides is 1. The van der Waals surface area contributed by atoms with E-state index in [9.17, 15) is 9.18 Å². The lowest BCUT2D eigenvalue weighted by molar-refractivity contribution is -0.114. The van der Waals surface area contributed by atoms with Gasteiger partial charge in [-0.05, 0) is 12.1 Å². The number of anilines is 1. The van der Waals surface area contributed by atoms with Crippen LogP contribution in [0.15, 0.2) is 35.0 Å². The second-order valence-electron chi connectivity index (χ2n) is 5.23. The molecule has 3 rings (SSSR count). The number of halogens is 3. The van der Waals surface area contributed by atoms with E-state index in [4.69, 9.17) is 32.5 Å². The predicted molar refractivity (Wildman–Crippen MR) is 96.0 cm³/mol. The number of nitrogens with zero attached hydrogens (tertiary/aromatic N) is 2. The molecule has 0 aliphatic carbocycles. The van der Waals surface area contributed by atoms with E-state index in [1.54, 1.807) is 6.07 Å². The second-order valence-corrected chi connectivity index (χ2v) is 5.96. The van der Waals surface area contributed by atoms with Crippen LogP contribution in [0.3, 0.4) is 0 Å². The number of nitrogens with one attached hydrogen (secondary N) is 1. The van der Waals surface area contributed by atoms with Gasteiger partial charge in [0.05, 0.1) is 28.9 Å². The number of carbonyl (C=O) groups excluding carboxylic acids is 1. The highest BCUT2D eigenvalue weighted by Gasteiger charge is 2.21. The predicted octanol–water partition coefficient (Wildman–Crippen LogP) is 4.82. The zero-order chi connectivity index (χ0) is 18.8. The van der Waals surface area contributed by atoms with Crippen LogP contribution in [0.1, 0.15) is 6.92 Å². The molecule has 0 unspecified atom stereocenters. The number of rotatable bonds is 4. The number of hydrogen-bond acceptors (Lipinski definition) is 5. The number of hydrogen-bond donors (Lipinski definition) is 1. The first kappa shape index (κ1) is 18.2. The molecule has 0 aliphatic heterocycles. The molecule has 0 aliphatic rings. The Kier molecular flexibility index (Phi) is 5.11. The minimum absolute atomic E-state index is 0.0319. The molecule has 6 nitrogen and oxygen atoms in total. The van der Waals surface area contributed by atoms with Gasteiger partial charge in [-0.25, -0.2) is 9.37 Å². The summed E-state index contributed by atoms with van der Waals surface area (Å²) < 4.78 is 24.7. The Morgan fingerprint density at radius 2 is 2.12 bits per heavy atom. The molecule has 134 valence electrons. The van der Waals surface area contributed by atoms with Crippen molar-refractivity contribution in [1.29, 1.82) is 0 Å². The fraction of sp³-hybridized carbons (Fsp3) is 0.118. The van der Waals surface area contributed by atoms with Gasteiger partial charge in [-0.3, -0.25) is 4.79 Å². The van der Waals surface area contributed by atoms with Crippen molar-refractivity contribution in [3.8, 4) is 28.3 Å². The molecule has 3 aromatic rings. The van der Waals surface area contributed by atoms with Crippen LogP contribution in [0, 0.1) is 5.82 Å². The van der Waals surface area contributed by atoms with Gasteiger partial charge < -0.3 is 14.6 Å². The van der Waals surface area contributed by atoms with Crippen LogP contribution < -0.4 is 10.1 Å². The third kappa shape index (κ3) is 3.36. The summed E-state index contributed by atoms with van der Waals surface area (Å²) in [5, 5.41) is 6.55. The van der Waals surface area contributed by atoms with Gasteiger partial charge in [-0.15, -0.1) is 0 Å². The molecular weight excluding hydrogens is 384 g/mol. The zero-order valence-electron chi connectivity index (χ0n) is 13.6. The van der Waals surface area contributed by atoms with E-state index in [0.29, 0.717) is 11.3 Å². The maximum Gasteiger partial charge on any atom is 0.221 e. The standard InChI is InChI=1S/C17H12Cl2FN3O3/c1-8(24)22-16-15(18)9(7-21-17(16)19)13-6-11(23-26-13)14-10(20)4-3-5-12(14)25-2/h3-7H,1-2H3,(H,22,24). The molecule has 1 N–H and O–H groups in total. The molecule has 1 amide bonds. The van der Waals surface area contributed by atoms with E-state index < -0.39 is 5.82 Å². The zero-order valence-corrected chi connectivity index (χ0v) is 15.2. The van der Waals surface area contributed by atoms with Crippen LogP contribution >= 0.6 is 23.2 Å². The Bertz CT molecular complexity index is 991. The first-order valence-electron chi connectivity index (χ1n) is 7.34. The van der Waals surface area contributed by atoms with Crippen LogP contribution in [0.4, 0.5) is 10.1 Å². The minimum atomic E-state index is -0.511. The van der Waals surface area contributed by atoms with E-state index in [1.165, 1.54) is 38.4 Å². The molecule has 0 fully saturated rings. The van der Waals surface area contributed by atoms with Crippen molar-refractivity contribution in [2.45, 2.75) is 6.92 Å². The molecule has 26 heavy (non-hydrogen) atoms. The van der Waals surface area contributed by atoms with Crippen LogP contribution in [0.5, 0.6) is 5.75 Å². The summed E-state index contributed by atoms with van der Waals surface area (Å²) in [6.45, 7) is 1.32. The van der Waals surface area contributed by atoms with Gasteiger partial charge in [-0.2, -0.15) is 0 Å². The lowest BCUT2D eigenvalue weighted by atomic mass is 10.1. The summed E-state index contributed by atoms with van der Waals surface area (Å²) in [6.07, 6.45) is 1.37. The summed E-state index contributed by atoms with van der Waals surface area (Å²) in [7, 11) is 1.43. The normalized spacial score (nSPS) is 10.7. The molecule has 0 radical (unpaired) electrons. The molecule has 9 heteroatoms. The smallest absolute Gasteiger partial charge is 0.221 e. The summed E-state index contributed by atoms with van der Waals surface area (Å²) in [5.74, 6) is -0.333. The number of methoxy groups -OCH3 is 1. The van der Waals surface area contributed by atoms with E-state index in [-0.39, 0.29) is 38.8 Å². The van der Waals surface area contributed by atoms with E-state index >= 15 is 0 Å². The van der Waals surface area contributed by atoms with Gasteiger partial charge in [0.15, 0.2) is 10.9 Å². The van der Waals surface area contributed by atoms with Crippen molar-refractivity contribution >= 4 is 34.8 Å². The lowest BCUT2D eigenvalue weighted by Crippen LogP contribution is -2.07. The van der Waals surface area contributed by atoms with Crippen LogP contribution in [0.2, 0.25) is 10.2 Å². The molecular formula is C17H12Cl2FN3O3. The van der Waals surface area contributed by atoms with Crippen molar-refractivity contribution in [2.24, 2.45) is 0 Å². The maximum absolute atomic E-state index is 14.2. The quantitative estimate of drug-likeness (QED) is 0.640. The van der Waals surface area contributed by atoms with E-state index in [0.717, 1.165) is 0 Å². The first-order chi connectivity index (χ1) is 12.4. The van der Waals surface area contributed by atoms with Crippen molar-refractivity contribution in [1.82, 2.24) is 10.1 Å². The maximum atomic E-state index is 14.2. The van der Waals surface area contributed by atoms with Crippen molar-refractivity contribution < 1.29 is 18.4 Å². The highest BCUT2D eigenvalue weighted by Crippen LogP contribution is 2.39. The Hall–Kier alpha value is -2.64. The summed E-state index contributed by atoms with van der Waals surface area (Å²) in [6, 6.07) is 5.92. The van der Waals surface area contributed by atoms with Crippen LogP contribution in [-0.2, 0) is 4.79 Å². The Morgan fingerprint density at radius 3 is 2.81 bits per heavy atom. The molecule has 0 saturated heterocycles. The molecule has 1 aromatic carbocycles. The molecule has 0 atom stereocenters. The average Bonchev–Trinajstić information content (AvgIpc) is 3.07. The Morgan fingerprint density at radius 1 is 1.35 bits per heavy atom. The number of carbonyl (C=O) groups is 1. The monoisotopic (exact) mass is 395 g/mol. The number of ether oxygens (including phenoxy) is 1. The highest BCUT2D eigenvalue weighted by molar-refractivity contribution is 6.40. The number of benzene rings is 1. The topological polar surface area (TPSA) is 77.2 Å². The molecule has 2 heterocycles. The SMILES string of the molecule is COc1cccc(F)c1-c1cc(-c2cnc(Cl)c(NC(C)=O)c2Cl)on1. The van der Waals surface area contributed by atoms with Gasteiger partial charge in [0, 0.05) is 19.2 Å². The summed E-state index contributed by atoms with van der Waals surface area (Å²) in [5.41, 5.74) is 0.876. The first-order valence-corrected chi connectivity index (χ1v) is 8.09. The van der Waals surface area contributed by atoms with Gasteiger partial charge in [0.2, 0.25) is 5.91 Å². The summed E-state index contributed by atoms with van der Waals surface area (Å²) in [4.78, 5) is 15.3. The molecule has 0 bridgehead atoms. The highest BCUT2D eigenvalue weighted by atomic mass is 35.5. The van der Waals surface area contributed by atoms with Crippen molar-refractivity contribution in [3.05, 3.63) is 46.5 Å². The third-order valence-corrected chi connectivity index (χ3v) is 4.18. The third-order valence-electron chi connectivity index (χ3n) is 3.50. The largest absolute Gasteiger partial charge is 0.496 e. The van der Waals surface area contributed by atoms with Crippen LogP contribution in [-0.4, -0.2) is 23.2 Å². The Balaban J connectivity index is 2.08. The fourth-order valence-electron chi connectivity index (χ4n) is 2.36. The van der Waals surface area contributed by atoms with Crippen molar-refractivity contribution in [3.63, 3.8) is 0 Å². The summed E-state index contributed by atoms with van der Waals surface area (Å²) >= 11 is 12.3. The van der Waals surface area contributed by atoms with Crippen molar-refractivity contribution in [2.75, 3.05) is 12.4 Å². The van der Waals surface area contributed by atoms with Gasteiger partial charge in [0.1, 0.15) is 17.3 Å². The molecule has 0 saturated carbocycles. The average molecular weight is 396 g/mol. The lowest BCUT2D eigenvalue weighted by Gasteiger charge is -2.09. The number of aromatic nitrogens is 2. The minimum Gasteiger partial charge on any atom is -0.496 e. The van der Waals surface area contributed by atoms with E-state index in [1.807, 2.05) is 0 Å². The molecule has 2 aromatic heterocycles. The van der Waals surface area contributed by atoms with Crippen LogP contribution in [0.25, 0.3) is 22.6 Å². The van der Waals surface area contributed by atoms with Gasteiger partial charge >= 0.3 is 0 Å². The number of pyridine rings is 1. The van der Waals surface area contributed by atoms with E-state index in [2.05, 4.69) is 15.5 Å². The molecule has 0 spiro atoms. The van der Waals surface area contributed by atoms with Gasteiger partial charge in [0.25, 0.3) is 0 Å².